The van der Waals surface area contributed by atoms with E-state index in [0.29, 0.717) is 0 Å². The Labute approximate surface area is 208 Å². The molecule has 200 valence electrons. The van der Waals surface area contributed by atoms with Crippen molar-refractivity contribution < 1.29 is 43.7 Å². The standard InChI is InChI=1S/C23H34N4O9/c1-23(2,3)36-22(34)26-16(8-9-17(24)30)21(33)27(10-11-28)19(14-6-5-7-15(29)12-14)20(32)25-13-18(31)35-4/h5-7,12,16,19,28-29H,8-11,13H2,1-4H3,(H2,24,30)(H,25,32)(H,26,34). The van der Waals surface area contributed by atoms with Gasteiger partial charge in [0.2, 0.25) is 17.7 Å². The van der Waals surface area contributed by atoms with Crippen molar-refractivity contribution in [3.8, 4) is 5.75 Å². The molecule has 0 aromatic heterocycles. The molecule has 2 unspecified atom stereocenters. The molecule has 2 atom stereocenters. The largest absolute Gasteiger partial charge is 0.508 e. The van der Waals surface area contributed by atoms with Crippen LogP contribution in [0.3, 0.4) is 0 Å². The third-order valence-electron chi connectivity index (χ3n) is 4.67. The van der Waals surface area contributed by atoms with Gasteiger partial charge in [-0.25, -0.2) is 4.79 Å². The number of hydrogen-bond donors (Lipinski definition) is 5. The predicted molar refractivity (Wildman–Crippen MR) is 126 cm³/mol. The molecule has 36 heavy (non-hydrogen) atoms. The fourth-order valence-corrected chi connectivity index (χ4v) is 3.16. The molecule has 0 heterocycles. The number of phenols is 1. The van der Waals surface area contributed by atoms with E-state index < -0.39 is 60.6 Å². The third-order valence-corrected chi connectivity index (χ3v) is 4.67. The van der Waals surface area contributed by atoms with Crippen molar-refractivity contribution in [2.75, 3.05) is 26.8 Å². The normalized spacial score (nSPS) is 12.6. The van der Waals surface area contributed by atoms with E-state index in [0.717, 1.165) is 12.0 Å². The van der Waals surface area contributed by atoms with Crippen LogP contribution in [0.5, 0.6) is 5.75 Å². The van der Waals surface area contributed by atoms with Crippen LogP contribution in [-0.4, -0.2) is 83.3 Å². The van der Waals surface area contributed by atoms with Crippen LogP contribution < -0.4 is 16.4 Å². The Morgan fingerprint density at radius 3 is 2.36 bits per heavy atom. The summed E-state index contributed by atoms with van der Waals surface area (Å²) in [4.78, 5) is 63.0. The van der Waals surface area contributed by atoms with Crippen LogP contribution in [0.25, 0.3) is 0 Å². The Morgan fingerprint density at radius 2 is 1.83 bits per heavy atom. The summed E-state index contributed by atoms with van der Waals surface area (Å²) >= 11 is 0. The minimum Gasteiger partial charge on any atom is -0.508 e. The summed E-state index contributed by atoms with van der Waals surface area (Å²) in [6.45, 7) is 3.42. The van der Waals surface area contributed by atoms with Crippen LogP contribution in [-0.2, 0) is 28.7 Å². The number of aromatic hydroxyl groups is 1. The molecule has 6 N–H and O–H groups in total. The first-order valence-electron chi connectivity index (χ1n) is 11.1. The van der Waals surface area contributed by atoms with Crippen molar-refractivity contribution in [3.05, 3.63) is 29.8 Å². The number of rotatable bonds is 12. The van der Waals surface area contributed by atoms with Crippen molar-refractivity contribution in [2.24, 2.45) is 5.73 Å². The molecule has 4 amide bonds. The number of methoxy groups -OCH3 is 1. The maximum atomic E-state index is 13.6. The smallest absolute Gasteiger partial charge is 0.408 e. The van der Waals surface area contributed by atoms with Crippen molar-refractivity contribution >= 4 is 29.8 Å². The number of primary amides is 1. The van der Waals surface area contributed by atoms with Crippen LogP contribution in [0.1, 0.15) is 45.2 Å². The first-order chi connectivity index (χ1) is 16.8. The molecule has 0 saturated carbocycles. The lowest BCUT2D eigenvalue weighted by molar-refractivity contribution is -0.145. The zero-order chi connectivity index (χ0) is 27.5. The second kappa shape index (κ2) is 13.9. The highest BCUT2D eigenvalue weighted by Gasteiger charge is 2.36. The average molecular weight is 511 g/mol. The average Bonchev–Trinajstić information content (AvgIpc) is 2.78. The first kappa shape index (κ1) is 30.2. The molecule has 1 aromatic rings. The monoisotopic (exact) mass is 510 g/mol. The van der Waals surface area contributed by atoms with Crippen LogP contribution in [0.15, 0.2) is 24.3 Å². The van der Waals surface area contributed by atoms with Gasteiger partial charge in [0.25, 0.3) is 0 Å². The van der Waals surface area contributed by atoms with E-state index in [2.05, 4.69) is 15.4 Å². The number of esters is 1. The summed E-state index contributed by atoms with van der Waals surface area (Å²) in [5, 5.41) is 24.4. The molecular weight excluding hydrogens is 476 g/mol. The zero-order valence-corrected chi connectivity index (χ0v) is 20.8. The van der Waals surface area contributed by atoms with Gasteiger partial charge in [-0.3, -0.25) is 19.2 Å². The van der Waals surface area contributed by atoms with E-state index in [9.17, 15) is 34.2 Å². The number of ether oxygens (including phenoxy) is 2. The summed E-state index contributed by atoms with van der Waals surface area (Å²) in [6.07, 6.45) is -1.44. The number of carbonyl (C=O) groups excluding carboxylic acids is 5. The minimum atomic E-state index is -1.43. The van der Waals surface area contributed by atoms with Crippen LogP contribution in [0.4, 0.5) is 4.79 Å². The Bertz CT molecular complexity index is 946. The zero-order valence-electron chi connectivity index (χ0n) is 20.8. The number of carbonyl (C=O) groups is 5. The van der Waals surface area contributed by atoms with Gasteiger partial charge >= 0.3 is 12.1 Å². The predicted octanol–water partition coefficient (Wildman–Crippen LogP) is -0.298. The van der Waals surface area contributed by atoms with E-state index in [-0.39, 0.29) is 30.7 Å². The fourth-order valence-electron chi connectivity index (χ4n) is 3.16. The number of phenolic OH excluding ortho intramolecular Hbond substituents is 1. The van der Waals surface area contributed by atoms with Crippen molar-refractivity contribution in [1.29, 1.82) is 0 Å². The lowest BCUT2D eigenvalue weighted by atomic mass is 10.0. The number of aliphatic hydroxyl groups excluding tert-OH is 1. The van der Waals surface area contributed by atoms with E-state index in [1.165, 1.54) is 24.3 Å². The second-order valence-corrected chi connectivity index (χ2v) is 8.75. The Kier molecular flexibility index (Phi) is 11.6. The first-order valence-corrected chi connectivity index (χ1v) is 11.1. The molecule has 1 rings (SSSR count). The lowest BCUT2D eigenvalue weighted by Gasteiger charge is -2.34. The molecule has 13 heteroatoms. The van der Waals surface area contributed by atoms with Crippen molar-refractivity contribution in [1.82, 2.24) is 15.5 Å². The van der Waals surface area contributed by atoms with Gasteiger partial charge in [0.15, 0.2) is 0 Å². The molecule has 0 fully saturated rings. The molecule has 0 aliphatic heterocycles. The second-order valence-electron chi connectivity index (χ2n) is 8.75. The van der Waals surface area contributed by atoms with Gasteiger partial charge in [-0.15, -0.1) is 0 Å². The Balaban J connectivity index is 3.42. The fraction of sp³-hybridized carbons (Fsp3) is 0.522. The number of alkyl carbamates (subject to hydrolysis) is 1. The van der Waals surface area contributed by atoms with Gasteiger partial charge in [-0.1, -0.05) is 12.1 Å². The van der Waals surface area contributed by atoms with Gasteiger partial charge in [0.05, 0.1) is 13.7 Å². The van der Waals surface area contributed by atoms with Gasteiger partial charge in [-0.2, -0.15) is 0 Å². The summed E-state index contributed by atoms with van der Waals surface area (Å²) < 4.78 is 9.72. The van der Waals surface area contributed by atoms with Gasteiger partial charge in [0.1, 0.15) is 30.0 Å². The van der Waals surface area contributed by atoms with Crippen LogP contribution in [0, 0.1) is 0 Å². The number of nitrogens with two attached hydrogens (primary N) is 1. The quantitative estimate of drug-likeness (QED) is 0.234. The molecule has 0 bridgehead atoms. The molecule has 0 spiro atoms. The van der Waals surface area contributed by atoms with E-state index >= 15 is 0 Å². The maximum Gasteiger partial charge on any atom is 0.408 e. The summed E-state index contributed by atoms with van der Waals surface area (Å²) in [7, 11) is 1.13. The number of hydrogen-bond acceptors (Lipinski definition) is 9. The number of amides is 4. The molecule has 1 aromatic carbocycles. The Morgan fingerprint density at radius 1 is 1.17 bits per heavy atom. The number of nitrogens with one attached hydrogen (secondary N) is 2. The SMILES string of the molecule is COC(=O)CNC(=O)C(c1cccc(O)c1)N(CCO)C(=O)C(CCC(N)=O)NC(=O)OC(C)(C)C. The highest BCUT2D eigenvalue weighted by Crippen LogP contribution is 2.26. The topological polar surface area (TPSA) is 198 Å². The van der Waals surface area contributed by atoms with Crippen molar-refractivity contribution in [2.45, 2.75) is 51.3 Å². The molecule has 0 aliphatic carbocycles. The van der Waals surface area contributed by atoms with Gasteiger partial charge in [0, 0.05) is 13.0 Å². The van der Waals surface area contributed by atoms with E-state index in [1.54, 1.807) is 20.8 Å². The third kappa shape index (κ3) is 10.2. The summed E-state index contributed by atoms with van der Waals surface area (Å²) in [6, 6.07) is 2.70. The van der Waals surface area contributed by atoms with Gasteiger partial charge < -0.3 is 41.0 Å². The maximum absolute atomic E-state index is 13.6. The number of aliphatic hydroxyl groups is 1. The summed E-state index contributed by atoms with van der Waals surface area (Å²) in [5.41, 5.74) is 4.49. The highest BCUT2D eigenvalue weighted by molar-refractivity contribution is 5.93. The molecule has 0 radical (unpaired) electrons. The van der Waals surface area contributed by atoms with Crippen LogP contribution >= 0.6 is 0 Å². The molecule has 0 aliphatic rings. The highest BCUT2D eigenvalue weighted by atomic mass is 16.6. The molecular formula is C23H34N4O9. The molecule has 13 nitrogen and oxygen atoms in total. The number of nitrogens with zero attached hydrogens (tertiary/aromatic N) is 1. The van der Waals surface area contributed by atoms with Gasteiger partial charge in [-0.05, 0) is 44.9 Å². The lowest BCUT2D eigenvalue weighted by Crippen LogP contribution is -2.54. The minimum absolute atomic E-state index is 0.157. The number of benzene rings is 1. The summed E-state index contributed by atoms with van der Waals surface area (Å²) in [5.74, 6) is -3.33. The van der Waals surface area contributed by atoms with E-state index in [4.69, 9.17) is 10.5 Å². The van der Waals surface area contributed by atoms with Crippen molar-refractivity contribution in [3.63, 3.8) is 0 Å². The molecule has 0 saturated heterocycles. The van der Waals surface area contributed by atoms with Crippen LogP contribution in [0.2, 0.25) is 0 Å². The van der Waals surface area contributed by atoms with E-state index in [1.807, 2.05) is 0 Å². The Hall–Kier alpha value is -3.87.